The van der Waals surface area contributed by atoms with Crippen molar-refractivity contribution in [3.8, 4) is 5.75 Å². The molecule has 39 heavy (non-hydrogen) atoms. The van der Waals surface area contributed by atoms with Crippen LogP contribution >= 0.6 is 0 Å². The van der Waals surface area contributed by atoms with Crippen LogP contribution in [-0.4, -0.2) is 38.0 Å². The van der Waals surface area contributed by atoms with Crippen LogP contribution in [0.5, 0.6) is 5.75 Å². The van der Waals surface area contributed by atoms with Crippen molar-refractivity contribution in [2.24, 2.45) is 0 Å². The number of amides is 1. The summed E-state index contributed by atoms with van der Waals surface area (Å²) in [5.41, 5.74) is 4.62. The number of anilines is 2. The Morgan fingerprint density at radius 1 is 0.949 bits per heavy atom. The molecule has 1 N–H and O–H groups in total. The molecule has 1 aliphatic rings. The molecule has 1 amide bonds. The predicted octanol–water partition coefficient (Wildman–Crippen LogP) is 6.81. The zero-order valence-corrected chi connectivity index (χ0v) is 24.1. The van der Waals surface area contributed by atoms with E-state index in [-0.39, 0.29) is 16.7 Å². The molecule has 0 aromatic heterocycles. The van der Waals surface area contributed by atoms with Crippen LogP contribution in [0, 0.1) is 0 Å². The molecule has 0 radical (unpaired) electrons. The van der Waals surface area contributed by atoms with Gasteiger partial charge >= 0.3 is 0 Å². The van der Waals surface area contributed by atoms with Gasteiger partial charge in [-0.3, -0.25) is 14.5 Å². The summed E-state index contributed by atoms with van der Waals surface area (Å²) in [7, 11) is 5.41. The second kappa shape index (κ2) is 10.6. The molecule has 6 nitrogen and oxygen atoms in total. The number of ketones is 1. The van der Waals surface area contributed by atoms with Crippen molar-refractivity contribution in [1.82, 2.24) is 0 Å². The molecule has 0 saturated carbocycles. The lowest BCUT2D eigenvalue weighted by Gasteiger charge is -2.27. The van der Waals surface area contributed by atoms with Crippen molar-refractivity contribution < 1.29 is 19.4 Å². The maximum atomic E-state index is 13.7. The van der Waals surface area contributed by atoms with Gasteiger partial charge in [-0.1, -0.05) is 65.0 Å². The molecule has 0 aliphatic carbocycles. The minimum atomic E-state index is -0.806. The normalized spacial score (nSPS) is 17.2. The Morgan fingerprint density at radius 3 is 2.08 bits per heavy atom. The first kappa shape index (κ1) is 28.0. The summed E-state index contributed by atoms with van der Waals surface area (Å²) in [5.74, 6) is -0.908. The summed E-state index contributed by atoms with van der Waals surface area (Å²) in [6.07, 6.45) is 0. The van der Waals surface area contributed by atoms with Gasteiger partial charge in [-0.25, -0.2) is 0 Å². The highest BCUT2D eigenvalue weighted by Gasteiger charge is 2.47. The minimum absolute atomic E-state index is 0.0401. The van der Waals surface area contributed by atoms with Gasteiger partial charge < -0.3 is 14.7 Å². The van der Waals surface area contributed by atoms with Crippen LogP contribution in [0.25, 0.3) is 5.76 Å². The van der Waals surface area contributed by atoms with Crippen molar-refractivity contribution in [2.75, 3.05) is 31.0 Å². The van der Waals surface area contributed by atoms with E-state index >= 15 is 0 Å². The van der Waals surface area contributed by atoms with Crippen molar-refractivity contribution >= 4 is 28.8 Å². The Hall–Kier alpha value is -4.06. The third-order valence-corrected chi connectivity index (χ3v) is 7.33. The van der Waals surface area contributed by atoms with Gasteiger partial charge in [-0.2, -0.15) is 0 Å². The number of ether oxygens (including phenoxy) is 1. The van der Waals surface area contributed by atoms with E-state index in [2.05, 4.69) is 34.6 Å². The second-order valence-electron chi connectivity index (χ2n) is 11.6. The predicted molar refractivity (Wildman–Crippen MR) is 158 cm³/mol. The molecule has 204 valence electrons. The number of benzene rings is 3. The molecule has 1 unspecified atom stereocenters. The molecule has 0 bridgehead atoms. The first-order valence-corrected chi connectivity index (χ1v) is 13.2. The molecule has 3 aromatic carbocycles. The number of carbonyl (C=O) groups excluding carboxylic acids is 2. The van der Waals surface area contributed by atoms with Gasteiger partial charge in [-0.05, 0) is 64.4 Å². The number of carbonyl (C=O) groups is 2. The quantitative estimate of drug-likeness (QED) is 0.217. The number of hydrogen-bond acceptors (Lipinski definition) is 5. The summed E-state index contributed by atoms with van der Waals surface area (Å²) in [4.78, 5) is 30.7. The van der Waals surface area contributed by atoms with Gasteiger partial charge in [-0.15, -0.1) is 0 Å². The maximum absolute atomic E-state index is 13.7. The number of Topliss-reactive ketones (excluding diaryl/α,β-unsaturated/α-hetero) is 1. The zero-order chi connectivity index (χ0) is 28.6. The Balaban J connectivity index is 1.96. The largest absolute Gasteiger partial charge is 0.507 e. The van der Waals surface area contributed by atoms with Crippen LogP contribution in [0.2, 0.25) is 0 Å². The molecule has 1 saturated heterocycles. The minimum Gasteiger partial charge on any atom is -0.507 e. The molecule has 1 heterocycles. The van der Waals surface area contributed by atoms with Crippen molar-refractivity contribution in [3.05, 3.63) is 94.6 Å². The van der Waals surface area contributed by atoms with Gasteiger partial charge in [0.15, 0.2) is 0 Å². The van der Waals surface area contributed by atoms with Crippen molar-refractivity contribution in [1.29, 1.82) is 0 Å². The Labute approximate surface area is 231 Å². The molecule has 3 aromatic rings. The summed E-state index contributed by atoms with van der Waals surface area (Å²) in [6, 6.07) is 20.1. The van der Waals surface area contributed by atoms with Crippen molar-refractivity contribution in [2.45, 2.75) is 52.0 Å². The summed E-state index contributed by atoms with van der Waals surface area (Å²) < 4.78 is 5.58. The summed E-state index contributed by atoms with van der Waals surface area (Å²) in [6.45, 7) is 10.4. The lowest BCUT2D eigenvalue weighted by Crippen LogP contribution is -2.29. The Kier molecular flexibility index (Phi) is 7.60. The number of rotatable bonds is 6. The number of nitrogens with zero attached hydrogens (tertiary/aromatic N) is 2. The van der Waals surface area contributed by atoms with Gasteiger partial charge in [0.2, 0.25) is 0 Å². The Bertz CT molecular complexity index is 1410. The van der Waals surface area contributed by atoms with E-state index in [9.17, 15) is 14.7 Å². The van der Waals surface area contributed by atoms with Crippen LogP contribution in [0.4, 0.5) is 11.4 Å². The third-order valence-electron chi connectivity index (χ3n) is 7.33. The molecule has 1 fully saturated rings. The van der Waals surface area contributed by atoms with E-state index in [0.717, 1.165) is 22.4 Å². The van der Waals surface area contributed by atoms with Crippen LogP contribution < -0.4 is 14.5 Å². The summed E-state index contributed by atoms with van der Waals surface area (Å²) >= 11 is 0. The molecule has 6 heteroatoms. The maximum Gasteiger partial charge on any atom is 0.300 e. The Morgan fingerprint density at radius 2 is 1.56 bits per heavy atom. The fraction of sp³-hybridized carbons (Fsp3) is 0.333. The molecule has 0 spiro atoms. The van der Waals surface area contributed by atoms with Crippen molar-refractivity contribution in [3.63, 3.8) is 0 Å². The zero-order valence-electron chi connectivity index (χ0n) is 24.1. The molecular weight excluding hydrogens is 488 g/mol. The monoisotopic (exact) mass is 526 g/mol. The van der Waals surface area contributed by atoms with Crippen LogP contribution in [-0.2, 0) is 15.0 Å². The van der Waals surface area contributed by atoms with E-state index in [4.69, 9.17) is 4.74 Å². The van der Waals surface area contributed by atoms with E-state index in [1.807, 2.05) is 79.7 Å². The number of methoxy groups -OCH3 is 1. The highest BCUT2D eigenvalue weighted by Crippen LogP contribution is 2.44. The SMILES string of the molecule is COc1ccc(C(C)(C)C)cc1/C(O)=C1\C(=O)C(=O)N(c2ccc(N(C)C)cc2)C1c1ccc(C(C)C)cc1. The van der Waals surface area contributed by atoms with E-state index in [1.54, 1.807) is 6.07 Å². The van der Waals surface area contributed by atoms with Crippen LogP contribution in [0.3, 0.4) is 0 Å². The third kappa shape index (κ3) is 5.29. The van der Waals surface area contributed by atoms with E-state index in [1.165, 1.54) is 12.0 Å². The average molecular weight is 527 g/mol. The van der Waals surface area contributed by atoms with E-state index in [0.29, 0.717) is 22.9 Å². The number of aliphatic hydroxyl groups excluding tert-OH is 1. The highest BCUT2D eigenvalue weighted by atomic mass is 16.5. The standard InChI is InChI=1S/C33H38N2O4/c1-20(2)21-9-11-22(12-10-21)29-28(30(36)26-19-23(33(3,4)5)13-18-27(26)39-8)31(37)32(38)35(29)25-16-14-24(15-17-25)34(6)7/h9-20,29,36H,1-8H3/b30-28+. The molecule has 4 rings (SSSR count). The average Bonchev–Trinajstić information content (AvgIpc) is 3.17. The van der Waals surface area contributed by atoms with Gasteiger partial charge in [0, 0.05) is 25.5 Å². The number of aliphatic hydroxyl groups is 1. The van der Waals surface area contributed by atoms with E-state index < -0.39 is 17.7 Å². The lowest BCUT2D eigenvalue weighted by atomic mass is 9.85. The first-order valence-electron chi connectivity index (χ1n) is 13.2. The first-order chi connectivity index (χ1) is 18.3. The fourth-order valence-electron chi connectivity index (χ4n) is 4.89. The highest BCUT2D eigenvalue weighted by molar-refractivity contribution is 6.51. The van der Waals surface area contributed by atoms with Crippen LogP contribution in [0.15, 0.2) is 72.3 Å². The van der Waals surface area contributed by atoms with Gasteiger partial charge in [0.25, 0.3) is 11.7 Å². The fourth-order valence-corrected chi connectivity index (χ4v) is 4.89. The van der Waals surface area contributed by atoms with Crippen LogP contribution in [0.1, 0.15) is 68.8 Å². The second-order valence-corrected chi connectivity index (χ2v) is 11.6. The summed E-state index contributed by atoms with van der Waals surface area (Å²) in [5, 5.41) is 11.8. The van der Waals surface area contributed by atoms with Gasteiger partial charge in [0.1, 0.15) is 11.5 Å². The topological polar surface area (TPSA) is 70.1 Å². The molecular formula is C33H38N2O4. The molecule has 1 aliphatic heterocycles. The van der Waals surface area contributed by atoms with Gasteiger partial charge in [0.05, 0.1) is 24.3 Å². The molecule has 1 atom stereocenters. The number of hydrogen-bond donors (Lipinski definition) is 1. The lowest BCUT2D eigenvalue weighted by molar-refractivity contribution is -0.132. The smallest absolute Gasteiger partial charge is 0.300 e.